The van der Waals surface area contributed by atoms with Crippen LogP contribution in [0.1, 0.15) is 53.0 Å². The first-order chi connectivity index (χ1) is 10.0. The van der Waals surface area contributed by atoms with Crippen LogP contribution in [0.25, 0.3) is 0 Å². The topological polar surface area (TPSA) is 64.3 Å². The molecule has 0 unspecified atom stereocenters. The zero-order valence-corrected chi connectivity index (χ0v) is 14.7. The van der Waals surface area contributed by atoms with Gasteiger partial charge in [-0.3, -0.25) is 4.79 Å². The lowest BCUT2D eigenvalue weighted by atomic mass is 9.81. The van der Waals surface area contributed by atoms with E-state index in [2.05, 4.69) is 39.9 Å². The standard InChI is InChI=1S/C18H30N2O2/c1-17(2,3)12-18(4,5)20-16(21)10-8-13-7-9-15(22-6)14(19)11-13/h7,9,11H,8,10,12,19H2,1-6H3,(H,20,21). The molecule has 4 nitrogen and oxygen atoms in total. The van der Waals surface area contributed by atoms with Crippen LogP contribution < -0.4 is 15.8 Å². The number of nitrogens with two attached hydrogens (primary N) is 1. The monoisotopic (exact) mass is 306 g/mol. The van der Waals surface area contributed by atoms with Crippen molar-refractivity contribution in [2.24, 2.45) is 5.41 Å². The van der Waals surface area contributed by atoms with Crippen LogP contribution in [-0.2, 0) is 11.2 Å². The highest BCUT2D eigenvalue weighted by Gasteiger charge is 2.26. The lowest BCUT2D eigenvalue weighted by Gasteiger charge is -2.33. The molecule has 0 aromatic heterocycles. The van der Waals surface area contributed by atoms with Gasteiger partial charge in [0.2, 0.25) is 5.91 Å². The second-order valence-corrected chi connectivity index (χ2v) is 7.75. The van der Waals surface area contributed by atoms with E-state index >= 15 is 0 Å². The highest BCUT2D eigenvalue weighted by Crippen LogP contribution is 2.27. The van der Waals surface area contributed by atoms with Gasteiger partial charge in [0.05, 0.1) is 12.8 Å². The van der Waals surface area contributed by atoms with Gasteiger partial charge in [-0.25, -0.2) is 0 Å². The molecule has 4 heteroatoms. The Labute approximate surface area is 134 Å². The van der Waals surface area contributed by atoms with Gasteiger partial charge in [0, 0.05) is 12.0 Å². The Bertz CT molecular complexity index is 516. The van der Waals surface area contributed by atoms with Crippen molar-refractivity contribution < 1.29 is 9.53 Å². The van der Waals surface area contributed by atoms with E-state index in [9.17, 15) is 4.79 Å². The van der Waals surface area contributed by atoms with E-state index in [0.29, 0.717) is 24.3 Å². The average molecular weight is 306 g/mol. The van der Waals surface area contributed by atoms with E-state index in [4.69, 9.17) is 10.5 Å². The van der Waals surface area contributed by atoms with E-state index in [1.807, 2.05) is 18.2 Å². The van der Waals surface area contributed by atoms with Crippen molar-refractivity contribution in [3.63, 3.8) is 0 Å². The number of ether oxygens (including phenoxy) is 1. The van der Waals surface area contributed by atoms with Crippen molar-refractivity contribution in [3.05, 3.63) is 23.8 Å². The number of hydrogen-bond donors (Lipinski definition) is 2. The molecule has 0 saturated carbocycles. The fourth-order valence-corrected chi connectivity index (χ4v) is 3.01. The van der Waals surface area contributed by atoms with Crippen molar-refractivity contribution in [2.75, 3.05) is 12.8 Å². The van der Waals surface area contributed by atoms with Gasteiger partial charge in [0.15, 0.2) is 0 Å². The fourth-order valence-electron chi connectivity index (χ4n) is 3.01. The molecule has 1 aromatic rings. The number of nitrogens with one attached hydrogen (secondary N) is 1. The van der Waals surface area contributed by atoms with Gasteiger partial charge in [-0.1, -0.05) is 26.8 Å². The summed E-state index contributed by atoms with van der Waals surface area (Å²) in [5, 5.41) is 3.13. The Kier molecular flexibility index (Phi) is 5.86. The Morgan fingerprint density at radius 3 is 2.36 bits per heavy atom. The lowest BCUT2D eigenvalue weighted by molar-refractivity contribution is -0.122. The molecule has 1 rings (SSSR count). The molecule has 0 aliphatic rings. The van der Waals surface area contributed by atoms with Crippen LogP contribution in [0.5, 0.6) is 5.75 Å². The summed E-state index contributed by atoms with van der Waals surface area (Å²) in [6.07, 6.45) is 2.06. The largest absolute Gasteiger partial charge is 0.495 e. The molecule has 0 heterocycles. The minimum atomic E-state index is -0.200. The van der Waals surface area contributed by atoms with Crippen molar-refractivity contribution in [1.29, 1.82) is 0 Å². The zero-order chi connectivity index (χ0) is 17.0. The summed E-state index contributed by atoms with van der Waals surface area (Å²) in [6, 6.07) is 5.65. The van der Waals surface area contributed by atoms with Crippen molar-refractivity contribution in [3.8, 4) is 5.75 Å². The number of rotatable bonds is 6. The summed E-state index contributed by atoms with van der Waals surface area (Å²) >= 11 is 0. The number of benzene rings is 1. The number of methoxy groups -OCH3 is 1. The fraction of sp³-hybridized carbons (Fsp3) is 0.611. The number of hydrogen-bond acceptors (Lipinski definition) is 3. The molecule has 0 atom stereocenters. The van der Waals surface area contributed by atoms with Crippen LogP contribution in [0.4, 0.5) is 5.69 Å². The smallest absolute Gasteiger partial charge is 0.220 e. The molecule has 0 aliphatic heterocycles. The van der Waals surface area contributed by atoms with Gasteiger partial charge in [0.25, 0.3) is 0 Å². The van der Waals surface area contributed by atoms with Crippen LogP contribution in [0.3, 0.4) is 0 Å². The molecule has 1 aromatic carbocycles. The van der Waals surface area contributed by atoms with E-state index in [1.165, 1.54) is 0 Å². The molecule has 0 aliphatic carbocycles. The number of aryl methyl sites for hydroxylation is 1. The van der Waals surface area contributed by atoms with Gasteiger partial charge in [-0.15, -0.1) is 0 Å². The van der Waals surface area contributed by atoms with Crippen molar-refractivity contribution >= 4 is 11.6 Å². The second-order valence-electron chi connectivity index (χ2n) is 7.75. The summed E-state index contributed by atoms with van der Waals surface area (Å²) in [6.45, 7) is 10.7. The van der Waals surface area contributed by atoms with Crippen LogP contribution in [0.15, 0.2) is 18.2 Å². The maximum Gasteiger partial charge on any atom is 0.220 e. The number of amides is 1. The number of nitrogen functional groups attached to an aromatic ring is 1. The van der Waals surface area contributed by atoms with E-state index in [-0.39, 0.29) is 16.9 Å². The van der Waals surface area contributed by atoms with Gasteiger partial charge in [0.1, 0.15) is 5.75 Å². The number of carbonyl (C=O) groups is 1. The highest BCUT2D eigenvalue weighted by molar-refractivity contribution is 5.77. The quantitative estimate of drug-likeness (QED) is 0.790. The van der Waals surface area contributed by atoms with Crippen molar-refractivity contribution in [2.45, 2.75) is 59.4 Å². The molecule has 0 bridgehead atoms. The molecular weight excluding hydrogens is 276 g/mol. The minimum absolute atomic E-state index is 0.0728. The van der Waals surface area contributed by atoms with Gasteiger partial charge in [-0.05, 0) is 49.8 Å². The maximum atomic E-state index is 12.2. The number of anilines is 1. The first-order valence-electron chi connectivity index (χ1n) is 7.76. The van der Waals surface area contributed by atoms with Gasteiger partial charge < -0.3 is 15.8 Å². The lowest BCUT2D eigenvalue weighted by Crippen LogP contribution is -2.45. The Morgan fingerprint density at radius 1 is 1.23 bits per heavy atom. The third kappa shape index (κ3) is 6.37. The SMILES string of the molecule is COc1ccc(CCC(=O)NC(C)(C)CC(C)(C)C)cc1N. The molecule has 0 spiro atoms. The highest BCUT2D eigenvalue weighted by atomic mass is 16.5. The summed E-state index contributed by atoms with van der Waals surface area (Å²) in [5.41, 5.74) is 7.51. The maximum absolute atomic E-state index is 12.2. The Balaban J connectivity index is 2.54. The second kappa shape index (κ2) is 7.03. The summed E-state index contributed by atoms with van der Waals surface area (Å²) in [5.74, 6) is 0.739. The predicted molar refractivity (Wildman–Crippen MR) is 92.0 cm³/mol. The average Bonchev–Trinajstić information content (AvgIpc) is 2.32. The van der Waals surface area contributed by atoms with Crippen LogP contribution >= 0.6 is 0 Å². The van der Waals surface area contributed by atoms with Crippen molar-refractivity contribution in [1.82, 2.24) is 5.32 Å². The first kappa shape index (κ1) is 18.3. The van der Waals surface area contributed by atoms with Gasteiger partial charge in [-0.2, -0.15) is 0 Å². The van der Waals surface area contributed by atoms with Crippen LogP contribution in [-0.4, -0.2) is 18.6 Å². The number of carbonyl (C=O) groups excluding carboxylic acids is 1. The van der Waals surface area contributed by atoms with E-state index in [0.717, 1.165) is 12.0 Å². The molecule has 3 N–H and O–H groups in total. The van der Waals surface area contributed by atoms with Crippen LogP contribution in [0.2, 0.25) is 0 Å². The third-order valence-electron chi connectivity index (χ3n) is 3.38. The minimum Gasteiger partial charge on any atom is -0.495 e. The molecule has 124 valence electrons. The normalized spacial score (nSPS) is 12.1. The molecule has 22 heavy (non-hydrogen) atoms. The van der Waals surface area contributed by atoms with E-state index < -0.39 is 0 Å². The summed E-state index contributed by atoms with van der Waals surface area (Å²) in [7, 11) is 1.59. The zero-order valence-electron chi connectivity index (χ0n) is 14.7. The van der Waals surface area contributed by atoms with Gasteiger partial charge >= 0.3 is 0 Å². The van der Waals surface area contributed by atoms with E-state index in [1.54, 1.807) is 7.11 Å². The Hall–Kier alpha value is -1.71. The predicted octanol–water partition coefficient (Wildman–Crippen LogP) is 3.54. The molecule has 0 saturated heterocycles. The summed E-state index contributed by atoms with van der Waals surface area (Å²) in [4.78, 5) is 12.2. The van der Waals surface area contributed by atoms with Crippen LogP contribution in [0, 0.1) is 5.41 Å². The first-order valence-corrected chi connectivity index (χ1v) is 7.76. The third-order valence-corrected chi connectivity index (χ3v) is 3.38. The molecule has 0 radical (unpaired) electrons. The molecule has 0 fully saturated rings. The Morgan fingerprint density at radius 2 is 1.86 bits per heavy atom. The summed E-state index contributed by atoms with van der Waals surface area (Å²) < 4.78 is 5.13. The molecule has 1 amide bonds. The molecular formula is C18H30N2O2.